The van der Waals surface area contributed by atoms with Crippen molar-refractivity contribution in [2.45, 2.75) is 84.1 Å². The fourth-order valence-electron chi connectivity index (χ4n) is 4.03. The fraction of sp³-hybridized carbons (Fsp3) is 0.739. The van der Waals surface area contributed by atoms with Crippen LogP contribution in [-0.2, 0) is 15.9 Å². The van der Waals surface area contributed by atoms with Crippen molar-refractivity contribution < 1.29 is 33.6 Å². The summed E-state index contributed by atoms with van der Waals surface area (Å²) in [6.07, 6.45) is 0.665. The molecule has 2 atom stereocenters. The molecule has 35 heavy (non-hydrogen) atoms. The van der Waals surface area contributed by atoms with E-state index in [-0.39, 0.29) is 31.7 Å². The average molecular weight is 496 g/mol. The lowest BCUT2D eigenvalue weighted by Gasteiger charge is -2.28. The molecule has 2 aliphatic heterocycles. The van der Waals surface area contributed by atoms with Crippen LogP contribution in [0.3, 0.4) is 0 Å². The number of nitrogens with one attached hydrogen (secondary N) is 1. The molecule has 0 saturated carbocycles. The van der Waals surface area contributed by atoms with Gasteiger partial charge in [0.25, 0.3) is 0 Å². The number of urea groups is 1. The highest BCUT2D eigenvalue weighted by Gasteiger charge is 2.45. The van der Waals surface area contributed by atoms with Crippen molar-refractivity contribution >= 4 is 18.2 Å². The molecule has 3 rings (SSSR count). The third-order valence-corrected chi connectivity index (χ3v) is 5.59. The van der Waals surface area contributed by atoms with Crippen molar-refractivity contribution in [3.63, 3.8) is 0 Å². The van der Waals surface area contributed by atoms with Crippen molar-refractivity contribution in [1.29, 1.82) is 0 Å². The van der Waals surface area contributed by atoms with Crippen LogP contribution in [0.5, 0.6) is 0 Å². The van der Waals surface area contributed by atoms with Crippen LogP contribution < -0.4 is 5.32 Å². The second-order valence-corrected chi connectivity index (χ2v) is 10.9. The van der Waals surface area contributed by atoms with Gasteiger partial charge < -0.3 is 29.1 Å². The van der Waals surface area contributed by atoms with Gasteiger partial charge >= 0.3 is 18.2 Å². The molecule has 2 fully saturated rings. The minimum absolute atomic E-state index is 0.179. The van der Waals surface area contributed by atoms with Crippen molar-refractivity contribution in [1.82, 2.24) is 25.3 Å². The van der Waals surface area contributed by atoms with Gasteiger partial charge in [0.05, 0.1) is 12.1 Å². The minimum atomic E-state index is -0.672. The summed E-state index contributed by atoms with van der Waals surface area (Å²) in [5, 5.41) is 17.5. The Morgan fingerprint density at radius 3 is 2.51 bits per heavy atom. The number of hydrogen-bond donors (Lipinski definition) is 2. The van der Waals surface area contributed by atoms with Gasteiger partial charge in [0.2, 0.25) is 0 Å². The number of carbonyl (C=O) groups excluding carboxylic acids is 3. The number of nitrogens with zero attached hydrogens (tertiary/aromatic N) is 4. The Bertz CT molecular complexity index is 920. The number of rotatable bonds is 7. The van der Waals surface area contributed by atoms with Crippen LogP contribution in [0, 0.1) is 0 Å². The van der Waals surface area contributed by atoms with Gasteiger partial charge in [-0.1, -0.05) is 5.16 Å². The normalized spacial score (nSPS) is 20.1. The van der Waals surface area contributed by atoms with Crippen molar-refractivity contribution in [3.8, 4) is 0 Å². The summed E-state index contributed by atoms with van der Waals surface area (Å²) in [6, 6.07) is 0.927. The largest absolute Gasteiger partial charge is 0.444 e. The van der Waals surface area contributed by atoms with E-state index in [4.69, 9.17) is 14.0 Å². The van der Waals surface area contributed by atoms with E-state index in [2.05, 4.69) is 10.5 Å². The van der Waals surface area contributed by atoms with Crippen LogP contribution in [0.2, 0.25) is 0 Å². The highest BCUT2D eigenvalue weighted by Crippen LogP contribution is 2.37. The molecule has 3 heterocycles. The topological polar surface area (TPSA) is 138 Å². The van der Waals surface area contributed by atoms with E-state index in [0.717, 1.165) is 5.06 Å². The molecule has 0 radical (unpaired) electrons. The Kier molecular flexibility index (Phi) is 7.83. The van der Waals surface area contributed by atoms with Gasteiger partial charge in [-0.05, 0) is 54.4 Å². The molecule has 2 aliphatic rings. The number of carbonyl (C=O) groups is 3. The van der Waals surface area contributed by atoms with Gasteiger partial charge in [-0.3, -0.25) is 5.21 Å². The average Bonchev–Trinajstić information content (AvgIpc) is 3.28. The standard InChI is InChI=1S/C23H37N5O7/c1-22(2,3)33-19(29)24-10-12-26(21(31)34-23(4,5)6)11-9-16-13-17(25-35-16)18-8-7-15-14-27(18)20(30)28(15)32/h13,15,18,32H,7-12,14H2,1-6H3,(H,24,29)/t15-,18+/m1/s1. The Balaban J connectivity index is 1.58. The maximum absolute atomic E-state index is 12.7. The zero-order valence-electron chi connectivity index (χ0n) is 21.4. The number of hydrogen-bond acceptors (Lipinski definition) is 8. The van der Waals surface area contributed by atoms with Crippen LogP contribution >= 0.6 is 0 Å². The number of fused-ring (bicyclic) bond motifs is 2. The monoisotopic (exact) mass is 495 g/mol. The summed E-state index contributed by atoms with van der Waals surface area (Å²) in [7, 11) is 0. The highest BCUT2D eigenvalue weighted by atomic mass is 16.6. The van der Waals surface area contributed by atoms with E-state index in [1.54, 1.807) is 52.5 Å². The van der Waals surface area contributed by atoms with E-state index in [1.807, 2.05) is 0 Å². The van der Waals surface area contributed by atoms with E-state index in [9.17, 15) is 19.6 Å². The van der Waals surface area contributed by atoms with E-state index < -0.39 is 29.4 Å². The summed E-state index contributed by atoms with van der Waals surface area (Å²) in [4.78, 5) is 40.0. The van der Waals surface area contributed by atoms with Crippen LogP contribution in [0.15, 0.2) is 10.6 Å². The van der Waals surface area contributed by atoms with Gasteiger partial charge in [-0.15, -0.1) is 0 Å². The summed E-state index contributed by atoms with van der Waals surface area (Å²) < 4.78 is 16.2. The van der Waals surface area contributed by atoms with Gasteiger partial charge in [-0.2, -0.15) is 0 Å². The van der Waals surface area contributed by atoms with Crippen LogP contribution in [0.1, 0.15) is 71.9 Å². The first-order valence-electron chi connectivity index (χ1n) is 11.9. The predicted octanol–water partition coefficient (Wildman–Crippen LogP) is 3.31. The molecule has 0 aromatic carbocycles. The van der Waals surface area contributed by atoms with Crippen LogP contribution in [0.4, 0.5) is 14.4 Å². The molecule has 4 amide bonds. The van der Waals surface area contributed by atoms with Gasteiger partial charge in [0.15, 0.2) is 0 Å². The zero-order chi connectivity index (χ0) is 26.0. The molecule has 196 valence electrons. The Morgan fingerprint density at radius 2 is 1.86 bits per heavy atom. The minimum Gasteiger partial charge on any atom is -0.444 e. The number of piperidine rings is 1. The first kappa shape index (κ1) is 26.6. The number of ether oxygens (including phenoxy) is 2. The molecule has 0 aliphatic carbocycles. The molecule has 0 spiro atoms. The fourth-order valence-corrected chi connectivity index (χ4v) is 4.03. The Labute approximate surface area is 205 Å². The van der Waals surface area contributed by atoms with E-state index in [1.165, 1.54) is 4.90 Å². The molecule has 12 heteroatoms. The van der Waals surface area contributed by atoms with E-state index in [0.29, 0.717) is 37.3 Å². The number of amides is 4. The van der Waals surface area contributed by atoms with Gasteiger partial charge in [0.1, 0.15) is 22.7 Å². The highest BCUT2D eigenvalue weighted by molar-refractivity contribution is 5.76. The number of alkyl carbamates (subject to hydrolysis) is 1. The smallest absolute Gasteiger partial charge is 0.410 e. The SMILES string of the molecule is CC(C)(C)OC(=O)NCCN(CCc1cc([C@@H]2CC[C@@H]3CN2C(=O)N3O)no1)C(=O)OC(C)(C)C. The molecule has 1 aromatic heterocycles. The van der Waals surface area contributed by atoms with Gasteiger partial charge in [0, 0.05) is 38.7 Å². The quantitative estimate of drug-likeness (QED) is 0.550. The summed E-state index contributed by atoms with van der Waals surface area (Å²) in [6.45, 7) is 11.8. The van der Waals surface area contributed by atoms with Gasteiger partial charge in [-0.25, -0.2) is 19.4 Å². The number of aromatic nitrogens is 1. The Hall–Kier alpha value is -3.02. The third kappa shape index (κ3) is 7.23. The summed E-state index contributed by atoms with van der Waals surface area (Å²) >= 11 is 0. The predicted molar refractivity (Wildman–Crippen MR) is 124 cm³/mol. The van der Waals surface area contributed by atoms with E-state index >= 15 is 0 Å². The lowest BCUT2D eigenvalue weighted by molar-refractivity contribution is -0.0584. The summed E-state index contributed by atoms with van der Waals surface area (Å²) in [5.74, 6) is 0.559. The molecule has 2 bridgehead atoms. The van der Waals surface area contributed by atoms with Crippen molar-refractivity contribution in [2.24, 2.45) is 0 Å². The molecule has 0 unspecified atom stereocenters. The molecular formula is C23H37N5O7. The molecule has 2 saturated heterocycles. The maximum atomic E-state index is 12.7. The first-order valence-corrected chi connectivity index (χ1v) is 11.9. The molecule has 2 N–H and O–H groups in total. The Morgan fingerprint density at radius 1 is 1.17 bits per heavy atom. The van der Waals surface area contributed by atoms with Crippen molar-refractivity contribution in [2.75, 3.05) is 26.2 Å². The van der Waals surface area contributed by atoms with Crippen LogP contribution in [0.25, 0.3) is 0 Å². The zero-order valence-corrected chi connectivity index (χ0v) is 21.4. The lowest BCUT2D eigenvalue weighted by Crippen LogP contribution is -2.43. The molecule has 1 aromatic rings. The van der Waals surface area contributed by atoms with Crippen molar-refractivity contribution in [3.05, 3.63) is 17.5 Å². The maximum Gasteiger partial charge on any atom is 0.410 e. The number of hydroxylamine groups is 2. The molecular weight excluding hydrogens is 458 g/mol. The lowest BCUT2D eigenvalue weighted by atomic mass is 9.98. The first-order chi connectivity index (χ1) is 16.2. The van der Waals surface area contributed by atoms with Crippen LogP contribution in [-0.4, -0.2) is 86.9 Å². The second-order valence-electron chi connectivity index (χ2n) is 10.9. The third-order valence-electron chi connectivity index (χ3n) is 5.59. The second kappa shape index (κ2) is 10.3. The molecule has 12 nitrogen and oxygen atoms in total. The summed E-state index contributed by atoms with van der Waals surface area (Å²) in [5.41, 5.74) is -0.667.